The number of benzene rings is 2. The minimum atomic E-state index is -0.858. The van der Waals surface area contributed by atoms with Crippen molar-refractivity contribution in [1.82, 2.24) is 0 Å². The normalized spacial score (nSPS) is 14.1. The van der Waals surface area contributed by atoms with E-state index in [1.807, 2.05) is 0 Å². The molecular weight excluding hydrogens is 280 g/mol. The van der Waals surface area contributed by atoms with Gasteiger partial charge in [0.25, 0.3) is 0 Å². The first kappa shape index (κ1) is 14.9. The number of hydrogen-bond donors (Lipinski definition) is 1. The van der Waals surface area contributed by atoms with Gasteiger partial charge in [0, 0.05) is 10.6 Å². The van der Waals surface area contributed by atoms with E-state index < -0.39 is 11.4 Å². The van der Waals surface area contributed by atoms with Crippen molar-refractivity contribution < 1.29 is 8.78 Å². The maximum atomic E-state index is 13.8. The lowest BCUT2D eigenvalue weighted by molar-refractivity contribution is 0.471. The first-order valence-electron chi connectivity index (χ1n) is 6.29. The van der Waals surface area contributed by atoms with Gasteiger partial charge in [-0.15, -0.1) is 0 Å². The Morgan fingerprint density at radius 3 is 2.40 bits per heavy atom. The van der Waals surface area contributed by atoms with E-state index >= 15 is 0 Å². The number of hydrogen-bond acceptors (Lipinski definition) is 1. The molecule has 4 heteroatoms. The Morgan fingerprint density at radius 2 is 1.80 bits per heavy atom. The second-order valence-corrected chi connectivity index (χ2v) is 5.73. The Hall–Kier alpha value is -1.45. The van der Waals surface area contributed by atoms with Crippen molar-refractivity contribution in [2.45, 2.75) is 25.8 Å². The third kappa shape index (κ3) is 3.17. The molecule has 20 heavy (non-hydrogen) atoms. The molecule has 2 rings (SSSR count). The average molecular weight is 296 g/mol. The van der Waals surface area contributed by atoms with E-state index in [2.05, 4.69) is 0 Å². The van der Waals surface area contributed by atoms with Gasteiger partial charge < -0.3 is 5.73 Å². The van der Waals surface area contributed by atoms with Crippen LogP contribution in [0, 0.1) is 18.6 Å². The number of rotatable bonds is 3. The highest BCUT2D eigenvalue weighted by Crippen LogP contribution is 2.26. The molecule has 0 aliphatic rings. The summed E-state index contributed by atoms with van der Waals surface area (Å²) in [5.74, 6) is -0.711. The summed E-state index contributed by atoms with van der Waals surface area (Å²) < 4.78 is 27.5. The van der Waals surface area contributed by atoms with Gasteiger partial charge in [-0.05, 0) is 55.2 Å². The van der Waals surface area contributed by atoms with Gasteiger partial charge in [0.2, 0.25) is 0 Å². The van der Waals surface area contributed by atoms with Crippen LogP contribution in [-0.4, -0.2) is 0 Å². The van der Waals surface area contributed by atoms with Gasteiger partial charge >= 0.3 is 0 Å². The van der Waals surface area contributed by atoms with E-state index in [-0.39, 0.29) is 12.2 Å². The van der Waals surface area contributed by atoms with Crippen molar-refractivity contribution in [3.63, 3.8) is 0 Å². The topological polar surface area (TPSA) is 26.0 Å². The Morgan fingerprint density at radius 1 is 1.10 bits per heavy atom. The Bertz CT molecular complexity index is 638. The van der Waals surface area contributed by atoms with Crippen molar-refractivity contribution in [3.05, 3.63) is 69.7 Å². The monoisotopic (exact) mass is 295 g/mol. The van der Waals surface area contributed by atoms with Crippen LogP contribution >= 0.6 is 11.6 Å². The lowest BCUT2D eigenvalue weighted by atomic mass is 9.86. The Kier molecular flexibility index (Phi) is 4.11. The van der Waals surface area contributed by atoms with Gasteiger partial charge in [0.15, 0.2) is 0 Å². The number of halogens is 3. The summed E-state index contributed by atoms with van der Waals surface area (Å²) in [5.41, 5.74) is 7.02. The molecule has 2 aromatic rings. The number of aryl methyl sites for hydroxylation is 1. The van der Waals surface area contributed by atoms with E-state index in [9.17, 15) is 8.78 Å². The zero-order chi connectivity index (χ0) is 14.9. The summed E-state index contributed by atoms with van der Waals surface area (Å²) >= 11 is 5.72. The quantitative estimate of drug-likeness (QED) is 0.895. The van der Waals surface area contributed by atoms with Crippen LogP contribution in [0.3, 0.4) is 0 Å². The predicted molar refractivity (Wildman–Crippen MR) is 77.8 cm³/mol. The van der Waals surface area contributed by atoms with E-state index in [1.54, 1.807) is 38.1 Å². The molecule has 0 saturated carbocycles. The largest absolute Gasteiger partial charge is 0.321 e. The Balaban J connectivity index is 2.32. The number of nitrogens with two attached hydrogens (primary N) is 1. The summed E-state index contributed by atoms with van der Waals surface area (Å²) in [6.07, 6.45) is 0.262. The van der Waals surface area contributed by atoms with Crippen LogP contribution < -0.4 is 5.73 Å². The molecule has 0 aliphatic heterocycles. The molecule has 106 valence electrons. The fourth-order valence-electron chi connectivity index (χ4n) is 2.11. The first-order chi connectivity index (χ1) is 9.29. The standard InChI is InChI=1S/C16H16ClF2N/c1-10-3-5-12(7-14(10)18)16(2,20)9-11-4-6-13(17)8-15(11)19/h3-8H,9,20H2,1-2H3. The lowest BCUT2D eigenvalue weighted by Gasteiger charge is -2.26. The maximum absolute atomic E-state index is 13.8. The molecule has 0 fully saturated rings. The zero-order valence-electron chi connectivity index (χ0n) is 11.4. The summed E-state index contributed by atoms with van der Waals surface area (Å²) in [6.45, 7) is 3.44. The molecule has 0 aliphatic carbocycles. The lowest BCUT2D eigenvalue weighted by Crippen LogP contribution is -2.36. The molecule has 0 aromatic heterocycles. The fraction of sp³-hybridized carbons (Fsp3) is 0.250. The minimum absolute atomic E-state index is 0.262. The first-order valence-corrected chi connectivity index (χ1v) is 6.67. The summed E-state index contributed by atoms with van der Waals surface area (Å²) in [6, 6.07) is 9.32. The molecular formula is C16H16ClF2N. The molecule has 0 heterocycles. The summed E-state index contributed by atoms with van der Waals surface area (Å²) in [7, 11) is 0. The highest BCUT2D eigenvalue weighted by molar-refractivity contribution is 6.30. The van der Waals surface area contributed by atoms with Crippen molar-refractivity contribution in [3.8, 4) is 0 Å². The van der Waals surface area contributed by atoms with Crippen molar-refractivity contribution in [2.24, 2.45) is 5.73 Å². The SMILES string of the molecule is Cc1ccc(C(C)(N)Cc2ccc(Cl)cc2F)cc1F. The third-order valence-corrected chi connectivity index (χ3v) is 3.64. The van der Waals surface area contributed by atoms with Crippen LogP contribution in [0.5, 0.6) is 0 Å². The van der Waals surface area contributed by atoms with Crippen LogP contribution in [-0.2, 0) is 12.0 Å². The molecule has 0 spiro atoms. The van der Waals surface area contributed by atoms with Crippen molar-refractivity contribution >= 4 is 11.6 Å². The molecule has 1 nitrogen and oxygen atoms in total. The van der Waals surface area contributed by atoms with Gasteiger partial charge in [0.05, 0.1) is 0 Å². The maximum Gasteiger partial charge on any atom is 0.127 e. The van der Waals surface area contributed by atoms with E-state index in [1.165, 1.54) is 12.1 Å². The molecule has 0 radical (unpaired) electrons. The van der Waals surface area contributed by atoms with Gasteiger partial charge in [-0.1, -0.05) is 29.8 Å². The molecule has 1 atom stereocenters. The van der Waals surface area contributed by atoms with Crippen molar-refractivity contribution in [1.29, 1.82) is 0 Å². The van der Waals surface area contributed by atoms with Gasteiger partial charge in [-0.2, -0.15) is 0 Å². The summed E-state index contributed by atoms with van der Waals surface area (Å²) in [4.78, 5) is 0. The van der Waals surface area contributed by atoms with E-state index in [0.29, 0.717) is 21.7 Å². The smallest absolute Gasteiger partial charge is 0.127 e. The predicted octanol–water partition coefficient (Wildman–Crippen LogP) is 4.34. The molecule has 0 amide bonds. The molecule has 0 saturated heterocycles. The van der Waals surface area contributed by atoms with Crippen LogP contribution in [0.2, 0.25) is 5.02 Å². The van der Waals surface area contributed by atoms with Crippen LogP contribution in [0.4, 0.5) is 8.78 Å². The van der Waals surface area contributed by atoms with Crippen LogP contribution in [0.25, 0.3) is 0 Å². The van der Waals surface area contributed by atoms with E-state index in [0.717, 1.165) is 0 Å². The van der Waals surface area contributed by atoms with E-state index in [4.69, 9.17) is 17.3 Å². The summed E-state index contributed by atoms with van der Waals surface area (Å²) in [5, 5.41) is 0.339. The van der Waals surface area contributed by atoms with Crippen molar-refractivity contribution in [2.75, 3.05) is 0 Å². The average Bonchev–Trinajstić information content (AvgIpc) is 2.36. The Labute approximate surface area is 122 Å². The molecule has 2 aromatic carbocycles. The minimum Gasteiger partial charge on any atom is -0.321 e. The third-order valence-electron chi connectivity index (χ3n) is 3.40. The highest BCUT2D eigenvalue weighted by Gasteiger charge is 2.24. The molecule has 1 unspecified atom stereocenters. The second kappa shape index (κ2) is 5.51. The van der Waals surface area contributed by atoms with Crippen LogP contribution in [0.15, 0.2) is 36.4 Å². The van der Waals surface area contributed by atoms with Crippen LogP contribution in [0.1, 0.15) is 23.6 Å². The fourth-order valence-corrected chi connectivity index (χ4v) is 2.27. The second-order valence-electron chi connectivity index (χ2n) is 5.29. The van der Waals surface area contributed by atoms with Gasteiger partial charge in [-0.25, -0.2) is 8.78 Å². The van der Waals surface area contributed by atoms with Gasteiger partial charge in [0.1, 0.15) is 11.6 Å². The zero-order valence-corrected chi connectivity index (χ0v) is 12.1. The van der Waals surface area contributed by atoms with Gasteiger partial charge in [-0.3, -0.25) is 0 Å². The molecule has 2 N–H and O–H groups in total. The molecule has 0 bridgehead atoms. The highest BCUT2D eigenvalue weighted by atomic mass is 35.5.